The zero-order valence-corrected chi connectivity index (χ0v) is 10.5. The van der Waals surface area contributed by atoms with Crippen molar-refractivity contribution in [2.45, 2.75) is 6.04 Å². The fourth-order valence-corrected chi connectivity index (χ4v) is 3.02. The molecule has 0 saturated heterocycles. The molecule has 2 rings (SSSR count). The topological polar surface area (TPSA) is 72.2 Å². The number of rotatable bonds is 4. The summed E-state index contributed by atoms with van der Waals surface area (Å²) in [7, 11) is -3.74. The molecule has 1 aromatic heterocycles. The molecule has 0 aliphatic carbocycles. The Morgan fingerprint density at radius 3 is 2.35 bits per heavy atom. The minimum Gasteiger partial charge on any atom is -0.216 e. The van der Waals surface area contributed by atoms with Crippen molar-refractivity contribution in [2.24, 2.45) is 5.14 Å². The Morgan fingerprint density at radius 2 is 1.82 bits per heavy atom. The van der Waals surface area contributed by atoms with Gasteiger partial charge >= 0.3 is 0 Å². The van der Waals surface area contributed by atoms with E-state index in [1.807, 2.05) is 47.8 Å². The summed E-state index contributed by atoms with van der Waals surface area (Å²) in [5, 5.41) is 6.94. The van der Waals surface area contributed by atoms with E-state index in [0.29, 0.717) is 0 Å². The molecule has 90 valence electrons. The lowest BCUT2D eigenvalue weighted by Gasteiger charge is -2.16. The van der Waals surface area contributed by atoms with Gasteiger partial charge in [-0.25, -0.2) is 5.14 Å². The number of hydrogen-bond acceptors (Lipinski definition) is 3. The van der Waals surface area contributed by atoms with E-state index in [1.54, 1.807) is 0 Å². The van der Waals surface area contributed by atoms with E-state index in [1.165, 1.54) is 11.3 Å². The maximum Gasteiger partial charge on any atom is 0.275 e. The number of nitrogens with one attached hydrogen (secondary N) is 1. The highest BCUT2D eigenvalue weighted by Gasteiger charge is 2.18. The second-order valence-electron chi connectivity index (χ2n) is 3.52. The van der Waals surface area contributed by atoms with Crippen LogP contribution in [0.25, 0.3) is 0 Å². The van der Waals surface area contributed by atoms with E-state index < -0.39 is 16.3 Å². The van der Waals surface area contributed by atoms with Crippen LogP contribution in [0.3, 0.4) is 0 Å². The Bertz CT molecular complexity index is 565. The van der Waals surface area contributed by atoms with E-state index in [0.717, 1.165) is 10.4 Å². The third kappa shape index (κ3) is 3.37. The van der Waals surface area contributed by atoms with Crippen molar-refractivity contribution in [2.75, 3.05) is 0 Å². The molecule has 1 heterocycles. The molecule has 1 aromatic carbocycles. The SMILES string of the molecule is NS(=O)(=O)NC(c1ccccc1)c1cccs1. The van der Waals surface area contributed by atoms with Crippen LogP contribution < -0.4 is 9.86 Å². The predicted octanol–water partition coefficient (Wildman–Crippen LogP) is 1.63. The minimum atomic E-state index is -3.74. The molecule has 0 spiro atoms. The smallest absolute Gasteiger partial charge is 0.216 e. The van der Waals surface area contributed by atoms with Crippen LogP contribution in [0.4, 0.5) is 0 Å². The van der Waals surface area contributed by atoms with Crippen LogP contribution in [0.2, 0.25) is 0 Å². The van der Waals surface area contributed by atoms with E-state index in [2.05, 4.69) is 4.72 Å². The quantitative estimate of drug-likeness (QED) is 0.884. The van der Waals surface area contributed by atoms with Gasteiger partial charge in [0, 0.05) is 4.88 Å². The van der Waals surface area contributed by atoms with Crippen LogP contribution in [-0.2, 0) is 10.2 Å². The Morgan fingerprint density at radius 1 is 1.12 bits per heavy atom. The van der Waals surface area contributed by atoms with Gasteiger partial charge in [0.15, 0.2) is 0 Å². The fraction of sp³-hybridized carbons (Fsp3) is 0.0909. The van der Waals surface area contributed by atoms with Gasteiger partial charge < -0.3 is 0 Å². The highest BCUT2D eigenvalue weighted by atomic mass is 32.2. The first-order chi connectivity index (χ1) is 8.06. The number of nitrogens with two attached hydrogens (primary N) is 1. The van der Waals surface area contributed by atoms with Gasteiger partial charge in [-0.15, -0.1) is 11.3 Å². The molecule has 17 heavy (non-hydrogen) atoms. The lowest BCUT2D eigenvalue weighted by atomic mass is 10.1. The lowest BCUT2D eigenvalue weighted by Crippen LogP contribution is -2.34. The third-order valence-electron chi connectivity index (χ3n) is 2.24. The number of thiophene rings is 1. The third-order valence-corrected chi connectivity index (χ3v) is 3.74. The van der Waals surface area contributed by atoms with Crippen molar-refractivity contribution < 1.29 is 8.42 Å². The molecular weight excluding hydrogens is 256 g/mol. The number of benzene rings is 1. The second-order valence-corrected chi connectivity index (χ2v) is 5.83. The summed E-state index contributed by atoms with van der Waals surface area (Å²) in [5.41, 5.74) is 0.865. The van der Waals surface area contributed by atoms with Crippen molar-refractivity contribution in [1.29, 1.82) is 0 Å². The van der Waals surface area contributed by atoms with Gasteiger partial charge in [0.25, 0.3) is 10.2 Å². The van der Waals surface area contributed by atoms with Crippen molar-refractivity contribution in [3.63, 3.8) is 0 Å². The van der Waals surface area contributed by atoms with E-state index in [4.69, 9.17) is 5.14 Å². The van der Waals surface area contributed by atoms with Gasteiger partial charge in [-0.1, -0.05) is 36.4 Å². The van der Waals surface area contributed by atoms with Crippen molar-refractivity contribution in [3.05, 3.63) is 58.3 Å². The molecule has 0 fully saturated rings. The van der Waals surface area contributed by atoms with Crippen LogP contribution >= 0.6 is 11.3 Å². The minimum absolute atomic E-state index is 0.425. The Labute approximate surface area is 104 Å². The second kappa shape index (κ2) is 4.97. The molecular formula is C11H12N2O2S2. The largest absolute Gasteiger partial charge is 0.275 e. The first-order valence-corrected chi connectivity index (χ1v) is 7.37. The van der Waals surface area contributed by atoms with Gasteiger partial charge in [0.2, 0.25) is 0 Å². The van der Waals surface area contributed by atoms with Gasteiger partial charge in [-0.3, -0.25) is 0 Å². The van der Waals surface area contributed by atoms with Crippen LogP contribution in [0.1, 0.15) is 16.5 Å². The molecule has 0 radical (unpaired) electrons. The van der Waals surface area contributed by atoms with Crippen molar-refractivity contribution in [1.82, 2.24) is 4.72 Å². The zero-order valence-electron chi connectivity index (χ0n) is 8.91. The summed E-state index contributed by atoms with van der Waals surface area (Å²) in [6.45, 7) is 0. The molecule has 3 N–H and O–H groups in total. The molecule has 6 heteroatoms. The molecule has 2 aromatic rings. The summed E-state index contributed by atoms with van der Waals surface area (Å²) in [6, 6.07) is 12.7. The first kappa shape index (κ1) is 12.3. The highest BCUT2D eigenvalue weighted by Crippen LogP contribution is 2.26. The average Bonchev–Trinajstić information content (AvgIpc) is 2.79. The normalized spacial score (nSPS) is 13.5. The van der Waals surface area contributed by atoms with Crippen LogP contribution in [0.5, 0.6) is 0 Å². The van der Waals surface area contributed by atoms with Crippen molar-refractivity contribution in [3.8, 4) is 0 Å². The molecule has 4 nitrogen and oxygen atoms in total. The lowest BCUT2D eigenvalue weighted by molar-refractivity contribution is 0.575. The Hall–Kier alpha value is -1.21. The fourth-order valence-electron chi connectivity index (χ4n) is 1.56. The number of hydrogen-bond donors (Lipinski definition) is 2. The van der Waals surface area contributed by atoms with E-state index >= 15 is 0 Å². The van der Waals surface area contributed by atoms with Crippen molar-refractivity contribution >= 4 is 21.5 Å². The molecule has 1 unspecified atom stereocenters. The zero-order chi connectivity index (χ0) is 12.3. The van der Waals surface area contributed by atoms with E-state index in [-0.39, 0.29) is 0 Å². The first-order valence-electron chi connectivity index (χ1n) is 4.95. The Balaban J connectivity index is 2.38. The average molecular weight is 268 g/mol. The van der Waals surface area contributed by atoms with E-state index in [9.17, 15) is 8.42 Å². The molecule has 0 aliphatic rings. The van der Waals surface area contributed by atoms with Gasteiger partial charge in [-0.2, -0.15) is 13.1 Å². The molecule has 1 atom stereocenters. The maximum atomic E-state index is 11.2. The maximum absolute atomic E-state index is 11.2. The summed E-state index contributed by atoms with van der Waals surface area (Å²) in [4.78, 5) is 0.908. The van der Waals surface area contributed by atoms with Crippen LogP contribution in [0, 0.1) is 0 Å². The summed E-state index contributed by atoms with van der Waals surface area (Å²) in [5.74, 6) is 0. The predicted molar refractivity (Wildman–Crippen MR) is 68.8 cm³/mol. The van der Waals surface area contributed by atoms with Gasteiger partial charge in [0.05, 0.1) is 6.04 Å². The highest BCUT2D eigenvalue weighted by molar-refractivity contribution is 7.87. The van der Waals surface area contributed by atoms with Gasteiger partial charge in [-0.05, 0) is 17.0 Å². The summed E-state index contributed by atoms with van der Waals surface area (Å²) < 4.78 is 24.8. The molecule has 0 saturated carbocycles. The standard InChI is InChI=1S/C11H12N2O2S2/c12-17(14,15)13-11(10-7-4-8-16-10)9-5-2-1-3-6-9/h1-8,11,13H,(H2,12,14,15). The Kier molecular flexibility index (Phi) is 3.58. The monoisotopic (exact) mass is 268 g/mol. The summed E-state index contributed by atoms with van der Waals surface area (Å²) >= 11 is 1.48. The van der Waals surface area contributed by atoms with Gasteiger partial charge in [0.1, 0.15) is 0 Å². The molecule has 0 amide bonds. The summed E-state index contributed by atoms with van der Waals surface area (Å²) in [6.07, 6.45) is 0. The van der Waals surface area contributed by atoms with Crippen LogP contribution in [0.15, 0.2) is 47.8 Å². The van der Waals surface area contributed by atoms with Crippen LogP contribution in [-0.4, -0.2) is 8.42 Å². The molecule has 0 bridgehead atoms. The molecule has 0 aliphatic heterocycles.